The third-order valence-corrected chi connectivity index (χ3v) is 14.8. The highest BCUT2D eigenvalue weighted by Crippen LogP contribution is 2.38. The van der Waals surface area contributed by atoms with Gasteiger partial charge in [-0.25, -0.2) is 0 Å². The van der Waals surface area contributed by atoms with Gasteiger partial charge >= 0.3 is 0 Å². The van der Waals surface area contributed by atoms with E-state index in [-0.39, 0.29) is 0 Å². The van der Waals surface area contributed by atoms with Crippen LogP contribution in [0.15, 0.2) is 170 Å². The molecule has 0 unspecified atom stereocenters. The van der Waals surface area contributed by atoms with Crippen molar-refractivity contribution < 1.29 is 0 Å². The molecule has 7 aromatic carbocycles. The summed E-state index contributed by atoms with van der Waals surface area (Å²) in [6.07, 6.45) is 30.7. The molecule has 0 aliphatic rings. The zero-order chi connectivity index (χ0) is 51.4. The number of hydrogen-bond acceptors (Lipinski definition) is 4. The highest BCUT2D eigenvalue weighted by atomic mass is 15.1. The summed E-state index contributed by atoms with van der Waals surface area (Å²) in [5.41, 5.74) is 16.9. The molecule has 7 rings (SSSR count). The van der Waals surface area contributed by atoms with Crippen LogP contribution in [0.2, 0.25) is 0 Å². The van der Waals surface area contributed by atoms with E-state index in [9.17, 15) is 0 Å². The van der Waals surface area contributed by atoms with Crippen LogP contribution in [0.1, 0.15) is 178 Å². The summed E-state index contributed by atoms with van der Waals surface area (Å²) in [4.78, 5) is 4.79. The summed E-state index contributed by atoms with van der Waals surface area (Å²) in [6.45, 7) is 9.14. The first-order chi connectivity index (χ1) is 36.5. The van der Waals surface area contributed by atoms with E-state index in [1.165, 1.54) is 173 Å². The summed E-state index contributed by atoms with van der Waals surface area (Å²) >= 11 is 0. The molecule has 0 heterocycles. The van der Waals surface area contributed by atoms with Gasteiger partial charge in [-0.3, -0.25) is 0 Å². The molecule has 0 radical (unpaired) electrons. The lowest BCUT2D eigenvalue weighted by atomic mass is 10.0. The van der Waals surface area contributed by atoms with Crippen molar-refractivity contribution in [1.82, 2.24) is 0 Å². The third-order valence-electron chi connectivity index (χ3n) is 14.8. The summed E-state index contributed by atoms with van der Waals surface area (Å²) in [7, 11) is 0. The van der Waals surface area contributed by atoms with Gasteiger partial charge in [0.1, 0.15) is 0 Å². The second kappa shape index (κ2) is 31.5. The van der Waals surface area contributed by atoms with Gasteiger partial charge in [-0.15, -0.1) is 0 Å². The molecule has 390 valence electrons. The highest BCUT2D eigenvalue weighted by molar-refractivity contribution is 5.80. The standard InChI is InChI=1S/C70H90N4/c1-5-9-13-17-19-23-27-59-33-49-67(50-34-59)73(65-45-29-57(30-46-65)25-21-15-11-7-3)69-53-41-63(42-54-69)71-61-37-39-62(40-38-61)72-64-43-55-70(56-44-64)74(66-47-31-58(32-48-66)26-22-16-12-8-4)68-51-35-60(36-52-68)28-24-20-18-14-10-6-2/h29-56,71-72H,5-28H2,1-4H3. The summed E-state index contributed by atoms with van der Waals surface area (Å²) < 4.78 is 0. The van der Waals surface area contributed by atoms with E-state index in [1.54, 1.807) is 0 Å². The van der Waals surface area contributed by atoms with E-state index in [0.717, 1.165) is 59.8 Å². The predicted molar refractivity (Wildman–Crippen MR) is 325 cm³/mol. The van der Waals surface area contributed by atoms with Gasteiger partial charge in [-0.2, -0.15) is 0 Å². The lowest BCUT2D eigenvalue weighted by Gasteiger charge is -2.26. The number of nitrogens with zero attached hydrogens (tertiary/aromatic N) is 2. The van der Waals surface area contributed by atoms with Crippen molar-refractivity contribution in [3.63, 3.8) is 0 Å². The van der Waals surface area contributed by atoms with Gasteiger partial charge in [0.2, 0.25) is 0 Å². The Bertz CT molecular complexity index is 2380. The molecule has 74 heavy (non-hydrogen) atoms. The van der Waals surface area contributed by atoms with E-state index in [1.807, 2.05) is 0 Å². The van der Waals surface area contributed by atoms with Crippen molar-refractivity contribution in [2.75, 3.05) is 20.4 Å². The number of aryl methyl sites for hydroxylation is 4. The molecule has 4 nitrogen and oxygen atoms in total. The lowest BCUT2D eigenvalue weighted by molar-refractivity contribution is 0.607. The molecule has 7 aromatic rings. The average molecular weight is 988 g/mol. The zero-order valence-corrected chi connectivity index (χ0v) is 46.0. The van der Waals surface area contributed by atoms with Gasteiger partial charge in [0.05, 0.1) is 0 Å². The molecule has 0 amide bonds. The Morgan fingerprint density at radius 3 is 0.622 bits per heavy atom. The SMILES string of the molecule is CCCCCCCCc1ccc(N(c2ccc(CCCCCC)cc2)c2ccc(Nc3ccc(Nc4ccc(N(c5ccc(CCCCCC)cc5)c5ccc(CCCCCCCC)cc5)cc4)cc3)cc2)cc1. The minimum atomic E-state index is 1.05. The molecule has 4 heteroatoms. The average Bonchev–Trinajstić information content (AvgIpc) is 3.44. The molecular formula is C70H90N4. The first kappa shape index (κ1) is 55.5. The maximum atomic E-state index is 3.66. The van der Waals surface area contributed by atoms with Gasteiger partial charge in [0, 0.05) is 56.9 Å². The largest absolute Gasteiger partial charge is 0.356 e. The van der Waals surface area contributed by atoms with Crippen LogP contribution < -0.4 is 20.4 Å². The number of anilines is 10. The van der Waals surface area contributed by atoms with Gasteiger partial charge in [-0.1, -0.05) is 179 Å². The number of rotatable bonds is 34. The number of unbranched alkanes of at least 4 members (excludes halogenated alkanes) is 16. The van der Waals surface area contributed by atoms with E-state index >= 15 is 0 Å². The Morgan fingerprint density at radius 2 is 0.392 bits per heavy atom. The molecule has 0 aromatic heterocycles. The second-order valence-corrected chi connectivity index (χ2v) is 20.9. The second-order valence-electron chi connectivity index (χ2n) is 20.9. The fraction of sp³-hybridized carbons (Fsp3) is 0.400. The molecule has 0 aliphatic heterocycles. The molecule has 0 saturated carbocycles. The molecule has 0 atom stereocenters. The van der Waals surface area contributed by atoms with Crippen LogP contribution in [0.5, 0.6) is 0 Å². The topological polar surface area (TPSA) is 30.5 Å². The normalized spacial score (nSPS) is 11.2. The van der Waals surface area contributed by atoms with E-state index in [0.29, 0.717) is 0 Å². The molecule has 0 spiro atoms. The fourth-order valence-corrected chi connectivity index (χ4v) is 10.2. The maximum absolute atomic E-state index is 3.66. The molecule has 0 bridgehead atoms. The van der Waals surface area contributed by atoms with Crippen LogP contribution in [0, 0.1) is 0 Å². The van der Waals surface area contributed by atoms with Crippen molar-refractivity contribution in [1.29, 1.82) is 0 Å². The predicted octanol–water partition coefficient (Wildman–Crippen LogP) is 22.2. The maximum Gasteiger partial charge on any atom is 0.0463 e. The summed E-state index contributed by atoms with van der Waals surface area (Å²) in [5.74, 6) is 0. The Kier molecular flexibility index (Phi) is 23.6. The smallest absolute Gasteiger partial charge is 0.0463 e. The van der Waals surface area contributed by atoms with E-state index < -0.39 is 0 Å². The van der Waals surface area contributed by atoms with Crippen LogP contribution in [-0.4, -0.2) is 0 Å². The number of nitrogens with one attached hydrogen (secondary N) is 2. The van der Waals surface area contributed by atoms with Crippen molar-refractivity contribution in [3.8, 4) is 0 Å². The highest BCUT2D eigenvalue weighted by Gasteiger charge is 2.15. The van der Waals surface area contributed by atoms with Crippen LogP contribution in [0.4, 0.5) is 56.9 Å². The molecule has 2 N–H and O–H groups in total. The molecule has 0 saturated heterocycles. The van der Waals surface area contributed by atoms with Crippen LogP contribution in [-0.2, 0) is 25.7 Å². The Morgan fingerprint density at radius 1 is 0.216 bits per heavy atom. The van der Waals surface area contributed by atoms with E-state index in [4.69, 9.17) is 0 Å². The van der Waals surface area contributed by atoms with Gasteiger partial charge in [0.15, 0.2) is 0 Å². The number of benzene rings is 7. The molecular weight excluding hydrogens is 897 g/mol. The quantitative estimate of drug-likeness (QED) is 0.0394. The van der Waals surface area contributed by atoms with Crippen molar-refractivity contribution >= 4 is 56.9 Å². The van der Waals surface area contributed by atoms with Crippen molar-refractivity contribution in [2.24, 2.45) is 0 Å². The Labute approximate surface area is 449 Å². The third kappa shape index (κ3) is 18.0. The van der Waals surface area contributed by atoms with Gasteiger partial charge in [0.25, 0.3) is 0 Å². The Hall–Kier alpha value is -6.26. The van der Waals surface area contributed by atoms with Crippen molar-refractivity contribution in [2.45, 2.75) is 182 Å². The van der Waals surface area contributed by atoms with Gasteiger partial charge in [-0.05, 0) is 195 Å². The first-order valence-electron chi connectivity index (χ1n) is 29.3. The van der Waals surface area contributed by atoms with Crippen LogP contribution in [0.25, 0.3) is 0 Å². The Balaban J connectivity index is 0.996. The van der Waals surface area contributed by atoms with E-state index in [2.05, 4.69) is 218 Å². The minimum Gasteiger partial charge on any atom is -0.356 e. The van der Waals surface area contributed by atoms with Gasteiger partial charge < -0.3 is 20.4 Å². The lowest BCUT2D eigenvalue weighted by Crippen LogP contribution is -2.10. The summed E-state index contributed by atoms with van der Waals surface area (Å²) in [5, 5.41) is 7.32. The summed E-state index contributed by atoms with van der Waals surface area (Å²) in [6, 6.07) is 63.4. The zero-order valence-electron chi connectivity index (χ0n) is 46.0. The van der Waals surface area contributed by atoms with Crippen LogP contribution >= 0.6 is 0 Å². The molecule has 0 fully saturated rings. The van der Waals surface area contributed by atoms with Crippen molar-refractivity contribution in [3.05, 3.63) is 192 Å². The first-order valence-corrected chi connectivity index (χ1v) is 29.3. The number of hydrogen-bond donors (Lipinski definition) is 2. The monoisotopic (exact) mass is 987 g/mol. The minimum absolute atomic E-state index is 1.05. The fourth-order valence-electron chi connectivity index (χ4n) is 10.2. The van der Waals surface area contributed by atoms with Crippen LogP contribution in [0.3, 0.4) is 0 Å². The molecule has 0 aliphatic carbocycles.